The van der Waals surface area contributed by atoms with E-state index >= 15 is 0 Å². The number of carbonyl (C=O) groups is 4. The average molecular weight is 1220 g/mol. The fourth-order valence-corrected chi connectivity index (χ4v) is 10.5. The molecule has 0 aliphatic carbocycles. The topological polar surface area (TPSA) is 237 Å². The van der Waals surface area contributed by atoms with Gasteiger partial charge < -0.3 is 33.8 Å². The smallest absolute Gasteiger partial charge is 0.462 e. The molecule has 3 N–H and O–H groups in total. The van der Waals surface area contributed by atoms with Gasteiger partial charge in [-0.3, -0.25) is 37.3 Å². The van der Waals surface area contributed by atoms with Gasteiger partial charge in [-0.25, -0.2) is 9.13 Å². The van der Waals surface area contributed by atoms with Crippen LogP contribution < -0.4 is 0 Å². The number of esters is 4. The molecule has 19 heteroatoms. The minimum Gasteiger partial charge on any atom is -0.462 e. The zero-order valence-electron chi connectivity index (χ0n) is 53.1. The SMILES string of the molecule is CCCCCC/C=C\C=C/CCCCCCCC(=O)OC[C@H](COP(=O)(O)OC[C@@H](O)COP(=O)(O)OC[C@@H](COC(=O)CCCCCCCCC(C)CC)OC(=O)CCCCCCCCC(C)C)OC(=O)CCCCCCCCC(C)C. The van der Waals surface area contributed by atoms with Crippen LogP contribution in [0.1, 0.15) is 286 Å². The number of rotatable bonds is 60. The second-order valence-corrected chi connectivity index (χ2v) is 26.6. The Morgan fingerprint density at radius 1 is 0.398 bits per heavy atom. The minimum atomic E-state index is -4.95. The van der Waals surface area contributed by atoms with E-state index in [0.717, 1.165) is 121 Å². The van der Waals surface area contributed by atoms with E-state index in [1.54, 1.807) is 0 Å². The highest BCUT2D eigenvalue weighted by molar-refractivity contribution is 7.47. The summed E-state index contributed by atoms with van der Waals surface area (Å²) in [5.74, 6) is -0.114. The Hall–Kier alpha value is -2.46. The van der Waals surface area contributed by atoms with Crippen LogP contribution in [0, 0.1) is 17.8 Å². The molecule has 0 aromatic heterocycles. The van der Waals surface area contributed by atoms with Crippen molar-refractivity contribution >= 4 is 39.5 Å². The second kappa shape index (κ2) is 54.9. The number of aliphatic hydroxyl groups is 1. The molecule has 0 saturated carbocycles. The number of phosphoric acid groups is 2. The molecule has 0 aliphatic rings. The predicted octanol–water partition coefficient (Wildman–Crippen LogP) is 17.1. The lowest BCUT2D eigenvalue weighted by molar-refractivity contribution is -0.161. The number of ether oxygens (including phenoxy) is 4. The molecule has 0 saturated heterocycles. The standard InChI is InChI=1S/C64H120O17P2/c1-8-10-11-12-13-14-15-16-17-18-19-20-21-31-38-45-61(66)74-51-59(80-63(68)47-40-33-25-22-28-35-42-55(3)4)53-78-82(70,71)76-49-58(65)50-77-83(72,73)79-54-60(81-64(69)48-41-34-26-23-29-36-43-56(5)6)52-75-62(67)46-39-32-27-24-30-37-44-57(7)9-2/h14-17,55-60,65H,8-13,18-54H2,1-7H3,(H,70,71)(H,72,73)/b15-14-,17-16-/t57?,58-,59-,60-/m1/s1. The van der Waals surface area contributed by atoms with Crippen molar-refractivity contribution in [1.29, 1.82) is 0 Å². The Morgan fingerprint density at radius 3 is 1.07 bits per heavy atom. The first-order valence-corrected chi connectivity index (χ1v) is 35.7. The normalized spacial score (nSPS) is 14.9. The van der Waals surface area contributed by atoms with Crippen molar-refractivity contribution in [3.63, 3.8) is 0 Å². The van der Waals surface area contributed by atoms with Crippen LogP contribution in [0.2, 0.25) is 0 Å². The van der Waals surface area contributed by atoms with Crippen molar-refractivity contribution in [3.05, 3.63) is 24.3 Å². The van der Waals surface area contributed by atoms with E-state index in [1.165, 1.54) is 70.6 Å². The Balaban J connectivity index is 5.24. The van der Waals surface area contributed by atoms with Gasteiger partial charge in [-0.15, -0.1) is 0 Å². The summed E-state index contributed by atoms with van der Waals surface area (Å²) in [7, 11) is -9.90. The fraction of sp³-hybridized carbons (Fsp3) is 0.875. The van der Waals surface area contributed by atoms with Crippen LogP contribution in [0.25, 0.3) is 0 Å². The van der Waals surface area contributed by atoms with Crippen LogP contribution >= 0.6 is 15.6 Å². The molecule has 0 amide bonds. The van der Waals surface area contributed by atoms with Crippen LogP contribution in [0.5, 0.6) is 0 Å². The van der Waals surface area contributed by atoms with Gasteiger partial charge >= 0.3 is 39.5 Å². The molecule has 83 heavy (non-hydrogen) atoms. The van der Waals surface area contributed by atoms with Gasteiger partial charge in [-0.1, -0.05) is 233 Å². The monoisotopic (exact) mass is 1220 g/mol. The van der Waals surface area contributed by atoms with E-state index in [2.05, 4.69) is 72.8 Å². The number of allylic oxidation sites excluding steroid dienone is 4. The van der Waals surface area contributed by atoms with Crippen molar-refractivity contribution < 1.29 is 80.2 Å². The van der Waals surface area contributed by atoms with Gasteiger partial charge in [0, 0.05) is 25.7 Å². The summed E-state index contributed by atoms with van der Waals surface area (Å²) < 4.78 is 67.8. The first kappa shape index (κ1) is 80.5. The van der Waals surface area contributed by atoms with Crippen molar-refractivity contribution in [1.82, 2.24) is 0 Å². The Bertz CT molecular complexity index is 1740. The quantitative estimate of drug-likeness (QED) is 0.0169. The molecule has 0 fully saturated rings. The number of phosphoric ester groups is 2. The maximum atomic E-state index is 13.0. The Morgan fingerprint density at radius 2 is 0.711 bits per heavy atom. The van der Waals surface area contributed by atoms with Gasteiger partial charge in [0.05, 0.1) is 26.4 Å². The zero-order chi connectivity index (χ0) is 61.7. The van der Waals surface area contributed by atoms with E-state index in [0.29, 0.717) is 37.5 Å². The fourth-order valence-electron chi connectivity index (χ4n) is 8.91. The summed E-state index contributed by atoms with van der Waals surface area (Å²) in [6.07, 6.45) is 38.8. The first-order chi connectivity index (χ1) is 39.8. The highest BCUT2D eigenvalue weighted by atomic mass is 31.2. The third kappa shape index (κ3) is 57.1. The highest BCUT2D eigenvalue weighted by Gasteiger charge is 2.30. The maximum Gasteiger partial charge on any atom is 0.472 e. The predicted molar refractivity (Wildman–Crippen MR) is 330 cm³/mol. The molecule has 0 heterocycles. The van der Waals surface area contributed by atoms with Crippen molar-refractivity contribution in [2.24, 2.45) is 17.8 Å². The molecular formula is C64H120O17P2. The van der Waals surface area contributed by atoms with Gasteiger partial charge in [-0.2, -0.15) is 0 Å². The molecule has 0 rings (SSSR count). The molecule has 17 nitrogen and oxygen atoms in total. The van der Waals surface area contributed by atoms with Crippen LogP contribution in [-0.2, 0) is 65.4 Å². The number of hydrogen-bond donors (Lipinski definition) is 3. The summed E-state index contributed by atoms with van der Waals surface area (Å²) in [5.41, 5.74) is 0. The van der Waals surface area contributed by atoms with Gasteiger partial charge in [0.2, 0.25) is 0 Å². The molecule has 0 aromatic carbocycles. The molecule has 6 atom stereocenters. The summed E-state index contributed by atoms with van der Waals surface area (Å²) in [4.78, 5) is 72.1. The number of hydrogen-bond acceptors (Lipinski definition) is 15. The maximum absolute atomic E-state index is 13.0. The number of carbonyl (C=O) groups excluding carboxylic acids is 4. The molecular weight excluding hydrogens is 1100 g/mol. The Labute approximate surface area is 503 Å². The molecule has 488 valence electrons. The van der Waals surface area contributed by atoms with E-state index in [-0.39, 0.29) is 25.7 Å². The Kier molecular flexibility index (Phi) is 53.3. The molecule has 0 spiro atoms. The first-order valence-electron chi connectivity index (χ1n) is 32.7. The summed E-state index contributed by atoms with van der Waals surface area (Å²) in [6, 6.07) is 0. The molecule has 3 unspecified atom stereocenters. The molecule has 0 bridgehead atoms. The lowest BCUT2D eigenvalue weighted by Crippen LogP contribution is -2.30. The van der Waals surface area contributed by atoms with Gasteiger partial charge in [0.15, 0.2) is 12.2 Å². The lowest BCUT2D eigenvalue weighted by Gasteiger charge is -2.21. The van der Waals surface area contributed by atoms with E-state index in [4.69, 9.17) is 37.0 Å². The van der Waals surface area contributed by atoms with Crippen molar-refractivity contribution in [2.45, 2.75) is 304 Å². The van der Waals surface area contributed by atoms with Crippen LogP contribution in [-0.4, -0.2) is 96.7 Å². The summed E-state index contributed by atoms with van der Waals surface area (Å²) in [5, 5.41) is 10.5. The number of aliphatic hydroxyl groups excluding tert-OH is 1. The molecule has 0 radical (unpaired) electrons. The number of unbranched alkanes of at least 4 members (excludes halogenated alkanes) is 24. The van der Waals surface area contributed by atoms with Crippen LogP contribution in [0.15, 0.2) is 24.3 Å². The van der Waals surface area contributed by atoms with Crippen LogP contribution in [0.4, 0.5) is 0 Å². The van der Waals surface area contributed by atoms with Crippen molar-refractivity contribution in [2.75, 3.05) is 39.6 Å². The zero-order valence-corrected chi connectivity index (χ0v) is 54.9. The molecule has 0 aliphatic heterocycles. The minimum absolute atomic E-state index is 0.0945. The average Bonchev–Trinajstić information content (AvgIpc) is 3.44. The van der Waals surface area contributed by atoms with Crippen molar-refractivity contribution in [3.8, 4) is 0 Å². The summed E-state index contributed by atoms with van der Waals surface area (Å²) in [6.45, 7) is 11.5. The summed E-state index contributed by atoms with van der Waals surface area (Å²) >= 11 is 0. The largest absolute Gasteiger partial charge is 0.472 e. The van der Waals surface area contributed by atoms with Gasteiger partial charge in [0.25, 0.3) is 0 Å². The van der Waals surface area contributed by atoms with Gasteiger partial charge in [0.1, 0.15) is 19.3 Å². The lowest BCUT2D eigenvalue weighted by atomic mass is 10.00. The van der Waals surface area contributed by atoms with E-state index in [9.17, 15) is 43.2 Å². The third-order valence-corrected chi connectivity index (χ3v) is 16.3. The molecule has 0 aromatic rings. The third-order valence-electron chi connectivity index (χ3n) is 14.4. The van der Waals surface area contributed by atoms with Gasteiger partial charge in [-0.05, 0) is 69.1 Å². The van der Waals surface area contributed by atoms with E-state index < -0.39 is 97.5 Å². The highest BCUT2D eigenvalue weighted by Crippen LogP contribution is 2.45. The second-order valence-electron chi connectivity index (χ2n) is 23.7. The van der Waals surface area contributed by atoms with E-state index in [1.807, 2.05) is 0 Å². The van der Waals surface area contributed by atoms with Crippen LogP contribution in [0.3, 0.4) is 0 Å².